The van der Waals surface area contributed by atoms with Crippen LogP contribution in [0.4, 0.5) is 0 Å². The molecule has 0 aliphatic heterocycles. The minimum atomic E-state index is -0.728. The quantitative estimate of drug-likeness (QED) is 0.877. The number of hydrogen-bond donors (Lipinski definition) is 1. The van der Waals surface area contributed by atoms with E-state index in [0.29, 0.717) is 13.2 Å². The van der Waals surface area contributed by atoms with E-state index >= 15 is 0 Å². The molecule has 1 aromatic carbocycles. The molecule has 1 aromatic rings. The lowest BCUT2D eigenvalue weighted by Crippen LogP contribution is -2.15. The summed E-state index contributed by atoms with van der Waals surface area (Å²) in [5.41, 5.74) is 1.02. The summed E-state index contributed by atoms with van der Waals surface area (Å²) in [7, 11) is 0. The van der Waals surface area contributed by atoms with Crippen molar-refractivity contribution in [2.75, 3.05) is 6.61 Å². The second-order valence-corrected chi connectivity index (χ2v) is 5.61. The van der Waals surface area contributed by atoms with E-state index in [9.17, 15) is 4.79 Å². The molecule has 92 valence electrons. The van der Waals surface area contributed by atoms with Crippen LogP contribution in [0.2, 0.25) is 0 Å². The zero-order valence-electron chi connectivity index (χ0n) is 9.49. The van der Waals surface area contributed by atoms with E-state index in [1.165, 1.54) is 0 Å². The zero-order valence-corrected chi connectivity index (χ0v) is 11.1. The highest BCUT2D eigenvalue weighted by Gasteiger charge is 2.44. The third-order valence-electron chi connectivity index (χ3n) is 3.05. The molecule has 4 heteroatoms. The van der Waals surface area contributed by atoms with Gasteiger partial charge in [0.2, 0.25) is 0 Å². The van der Waals surface area contributed by atoms with Crippen LogP contribution in [0.3, 0.4) is 0 Å². The third kappa shape index (κ3) is 3.82. The van der Waals surface area contributed by atoms with E-state index in [0.717, 1.165) is 22.9 Å². The van der Waals surface area contributed by atoms with E-state index < -0.39 is 5.97 Å². The predicted octanol–water partition coefficient (Wildman–Crippen LogP) is 3.22. The molecule has 0 unspecified atom stereocenters. The van der Waals surface area contributed by atoms with Crippen molar-refractivity contribution in [1.29, 1.82) is 0 Å². The van der Waals surface area contributed by atoms with Crippen molar-refractivity contribution in [2.45, 2.75) is 25.9 Å². The summed E-state index contributed by atoms with van der Waals surface area (Å²) >= 11 is 3.41. The molecule has 1 aliphatic carbocycles. The van der Waals surface area contributed by atoms with Crippen LogP contribution < -0.4 is 0 Å². The molecule has 0 radical (unpaired) electrons. The molecular weight excluding hydrogens is 284 g/mol. The van der Waals surface area contributed by atoms with Gasteiger partial charge in [-0.25, -0.2) is 0 Å². The molecule has 0 spiro atoms. The van der Waals surface area contributed by atoms with Crippen LogP contribution in [0.25, 0.3) is 0 Å². The molecule has 0 saturated heterocycles. The van der Waals surface area contributed by atoms with E-state index in [1.807, 2.05) is 24.3 Å². The van der Waals surface area contributed by atoms with Crippen molar-refractivity contribution in [3.63, 3.8) is 0 Å². The summed E-state index contributed by atoms with van der Waals surface area (Å²) in [6, 6.07) is 7.95. The first-order chi connectivity index (χ1) is 8.10. The van der Waals surface area contributed by atoms with Crippen LogP contribution >= 0.6 is 15.9 Å². The number of rotatable bonds is 6. The maximum absolute atomic E-state index is 10.7. The Kier molecular flexibility index (Phi) is 3.84. The Balaban J connectivity index is 1.78. The van der Waals surface area contributed by atoms with Gasteiger partial charge in [-0.05, 0) is 30.5 Å². The van der Waals surface area contributed by atoms with Gasteiger partial charge in [-0.1, -0.05) is 28.1 Å². The molecule has 2 rings (SSSR count). The lowest BCUT2D eigenvalue weighted by atomic mass is 10.0. The highest BCUT2D eigenvalue weighted by atomic mass is 79.9. The lowest BCUT2D eigenvalue weighted by molar-refractivity contribution is -0.139. The SMILES string of the molecule is O=C(O)CC1(COCc2cccc(Br)c2)CC1. The van der Waals surface area contributed by atoms with Crippen molar-refractivity contribution >= 4 is 21.9 Å². The van der Waals surface area contributed by atoms with Gasteiger partial charge in [0.1, 0.15) is 0 Å². The summed E-state index contributed by atoms with van der Waals surface area (Å²) in [5.74, 6) is -0.728. The maximum Gasteiger partial charge on any atom is 0.303 e. The number of benzene rings is 1. The third-order valence-corrected chi connectivity index (χ3v) is 3.54. The first-order valence-corrected chi connectivity index (χ1v) is 6.43. The fourth-order valence-corrected chi connectivity index (χ4v) is 2.33. The molecule has 0 bridgehead atoms. The minimum Gasteiger partial charge on any atom is -0.481 e. The monoisotopic (exact) mass is 298 g/mol. The summed E-state index contributed by atoms with van der Waals surface area (Å²) in [6.07, 6.45) is 2.17. The number of carboxylic acid groups (broad SMARTS) is 1. The molecule has 0 amide bonds. The smallest absolute Gasteiger partial charge is 0.303 e. The number of halogens is 1. The standard InChI is InChI=1S/C13H15BrO3/c14-11-3-1-2-10(6-11)8-17-9-13(4-5-13)7-12(15)16/h1-3,6H,4-5,7-9H2,(H,15,16). The molecule has 0 heterocycles. The van der Waals surface area contributed by atoms with Crippen molar-refractivity contribution in [3.05, 3.63) is 34.3 Å². The zero-order chi connectivity index (χ0) is 12.3. The van der Waals surface area contributed by atoms with Crippen LogP contribution in [-0.2, 0) is 16.1 Å². The average Bonchev–Trinajstić information content (AvgIpc) is 2.97. The first-order valence-electron chi connectivity index (χ1n) is 5.64. The van der Waals surface area contributed by atoms with Crippen LogP contribution in [0.15, 0.2) is 28.7 Å². The molecule has 1 N–H and O–H groups in total. The molecule has 0 aromatic heterocycles. The highest BCUT2D eigenvalue weighted by molar-refractivity contribution is 9.10. The number of carbonyl (C=O) groups is 1. The average molecular weight is 299 g/mol. The van der Waals surface area contributed by atoms with Crippen LogP contribution in [-0.4, -0.2) is 17.7 Å². The van der Waals surface area contributed by atoms with E-state index in [-0.39, 0.29) is 11.8 Å². The summed E-state index contributed by atoms with van der Waals surface area (Å²) in [4.78, 5) is 10.7. The molecule has 1 saturated carbocycles. The Hall–Kier alpha value is -0.870. The van der Waals surface area contributed by atoms with Gasteiger partial charge in [-0.3, -0.25) is 4.79 Å². The van der Waals surface area contributed by atoms with Crippen LogP contribution in [0.1, 0.15) is 24.8 Å². The molecular formula is C13H15BrO3. The van der Waals surface area contributed by atoms with E-state index in [2.05, 4.69) is 15.9 Å². The predicted molar refractivity (Wildman–Crippen MR) is 67.7 cm³/mol. The number of carboxylic acids is 1. The van der Waals surface area contributed by atoms with Gasteiger partial charge >= 0.3 is 5.97 Å². The molecule has 1 fully saturated rings. The molecule has 0 atom stereocenters. The van der Waals surface area contributed by atoms with Crippen molar-refractivity contribution in [1.82, 2.24) is 0 Å². The van der Waals surface area contributed by atoms with Gasteiger partial charge in [-0.15, -0.1) is 0 Å². The Morgan fingerprint density at radius 2 is 2.24 bits per heavy atom. The van der Waals surface area contributed by atoms with Gasteiger partial charge in [0.05, 0.1) is 19.6 Å². The molecule has 3 nitrogen and oxygen atoms in total. The Morgan fingerprint density at radius 3 is 2.82 bits per heavy atom. The lowest BCUT2D eigenvalue weighted by Gasteiger charge is -2.12. The van der Waals surface area contributed by atoms with Gasteiger partial charge in [0, 0.05) is 9.89 Å². The van der Waals surface area contributed by atoms with Crippen molar-refractivity contribution < 1.29 is 14.6 Å². The Bertz CT molecular complexity index is 413. The van der Waals surface area contributed by atoms with Crippen LogP contribution in [0, 0.1) is 5.41 Å². The fourth-order valence-electron chi connectivity index (χ4n) is 1.88. The first kappa shape index (κ1) is 12.6. The molecule has 17 heavy (non-hydrogen) atoms. The summed E-state index contributed by atoms with van der Waals surface area (Å²) in [5, 5.41) is 8.78. The van der Waals surface area contributed by atoms with E-state index in [4.69, 9.17) is 9.84 Å². The second-order valence-electron chi connectivity index (χ2n) is 4.69. The number of ether oxygens (including phenoxy) is 1. The highest BCUT2D eigenvalue weighted by Crippen LogP contribution is 2.49. The van der Waals surface area contributed by atoms with Gasteiger partial charge in [-0.2, -0.15) is 0 Å². The number of hydrogen-bond acceptors (Lipinski definition) is 2. The second kappa shape index (κ2) is 5.19. The normalized spacial score (nSPS) is 16.8. The van der Waals surface area contributed by atoms with Gasteiger partial charge < -0.3 is 9.84 Å². The van der Waals surface area contributed by atoms with Gasteiger partial charge in [0.15, 0.2) is 0 Å². The van der Waals surface area contributed by atoms with Crippen molar-refractivity contribution in [3.8, 4) is 0 Å². The Morgan fingerprint density at radius 1 is 1.47 bits per heavy atom. The number of aliphatic carboxylic acids is 1. The minimum absolute atomic E-state index is 0.0855. The fraction of sp³-hybridized carbons (Fsp3) is 0.462. The summed E-state index contributed by atoms with van der Waals surface area (Å²) in [6.45, 7) is 1.09. The van der Waals surface area contributed by atoms with E-state index in [1.54, 1.807) is 0 Å². The largest absolute Gasteiger partial charge is 0.481 e. The van der Waals surface area contributed by atoms with Crippen LogP contribution in [0.5, 0.6) is 0 Å². The van der Waals surface area contributed by atoms with Gasteiger partial charge in [0.25, 0.3) is 0 Å². The topological polar surface area (TPSA) is 46.5 Å². The summed E-state index contributed by atoms with van der Waals surface area (Å²) < 4.78 is 6.65. The maximum atomic E-state index is 10.7. The molecule has 1 aliphatic rings. The Labute approximate surface area is 109 Å². The van der Waals surface area contributed by atoms with Crippen molar-refractivity contribution in [2.24, 2.45) is 5.41 Å².